The highest BCUT2D eigenvalue weighted by atomic mass is 32.1. The molecule has 11 heteroatoms. The van der Waals surface area contributed by atoms with Gasteiger partial charge in [0.25, 0.3) is 5.91 Å². The van der Waals surface area contributed by atoms with Crippen LogP contribution in [0.1, 0.15) is 65.8 Å². The first-order valence-electron chi connectivity index (χ1n) is 15.0. The summed E-state index contributed by atoms with van der Waals surface area (Å²) in [6.45, 7) is 7.85. The molecule has 3 heterocycles. The van der Waals surface area contributed by atoms with Gasteiger partial charge in [0.2, 0.25) is 11.8 Å². The van der Waals surface area contributed by atoms with Crippen molar-refractivity contribution < 1.29 is 23.9 Å². The number of aryl methyl sites for hydroxylation is 2. The van der Waals surface area contributed by atoms with Crippen LogP contribution in [0.3, 0.4) is 0 Å². The van der Waals surface area contributed by atoms with Gasteiger partial charge in [-0.25, -0.2) is 4.98 Å². The third kappa shape index (κ3) is 9.52. The molecule has 0 radical (unpaired) electrons. The summed E-state index contributed by atoms with van der Waals surface area (Å²) in [7, 11) is 0. The number of rotatable bonds is 16. The zero-order valence-electron chi connectivity index (χ0n) is 25.7. The van der Waals surface area contributed by atoms with Crippen LogP contribution < -0.4 is 16.0 Å². The van der Waals surface area contributed by atoms with E-state index < -0.39 is 41.4 Å². The molecule has 0 unspecified atom stereocenters. The summed E-state index contributed by atoms with van der Waals surface area (Å²) < 4.78 is 5.38. The predicted molar refractivity (Wildman–Crippen MR) is 168 cm³/mol. The predicted octanol–water partition coefficient (Wildman–Crippen LogP) is 3.58. The molecule has 3 amide bonds. The summed E-state index contributed by atoms with van der Waals surface area (Å²) in [5, 5.41) is 8.88. The minimum absolute atomic E-state index is 0.138. The van der Waals surface area contributed by atoms with Crippen molar-refractivity contribution in [2.75, 3.05) is 6.61 Å². The lowest BCUT2D eigenvalue weighted by molar-refractivity contribution is -0.133. The number of epoxide rings is 1. The van der Waals surface area contributed by atoms with E-state index >= 15 is 0 Å². The highest BCUT2D eigenvalue weighted by molar-refractivity contribution is 7.13. The molecule has 0 spiro atoms. The number of amides is 3. The van der Waals surface area contributed by atoms with Crippen LogP contribution in [-0.4, -0.2) is 63.8 Å². The van der Waals surface area contributed by atoms with Crippen molar-refractivity contribution in [3.05, 3.63) is 82.1 Å². The smallest absolute Gasteiger partial charge is 0.280 e. The molecular weight excluding hydrogens is 578 g/mol. The zero-order chi connectivity index (χ0) is 31.7. The first-order chi connectivity index (χ1) is 21.0. The molecule has 1 aromatic carbocycles. The van der Waals surface area contributed by atoms with Crippen LogP contribution in [0.2, 0.25) is 0 Å². The topological polar surface area (TPSA) is 143 Å². The van der Waals surface area contributed by atoms with E-state index in [4.69, 9.17) is 4.74 Å². The van der Waals surface area contributed by atoms with Crippen molar-refractivity contribution in [1.29, 1.82) is 0 Å². The molecule has 2 aromatic heterocycles. The Bertz CT molecular complexity index is 1420. The van der Waals surface area contributed by atoms with Crippen LogP contribution in [0.5, 0.6) is 0 Å². The van der Waals surface area contributed by atoms with E-state index in [-0.39, 0.29) is 23.1 Å². The SMILES string of the molecule is Cc1cnc(C(=O)N[C@@H](CCCc2ccccc2)C(=O)N[C@@H](Cc2ccncc2)C(=O)N[C@@H](CC(C)C)C(=O)[C@@]2(C)CO2)s1. The van der Waals surface area contributed by atoms with Crippen LogP contribution in [0.25, 0.3) is 0 Å². The van der Waals surface area contributed by atoms with E-state index in [1.54, 1.807) is 37.6 Å². The van der Waals surface area contributed by atoms with Crippen molar-refractivity contribution in [2.45, 2.75) is 83.5 Å². The number of nitrogens with zero attached hydrogens (tertiary/aromatic N) is 2. The second kappa shape index (κ2) is 15.2. The van der Waals surface area contributed by atoms with Crippen LogP contribution in [0, 0.1) is 12.8 Å². The second-order valence-electron chi connectivity index (χ2n) is 11.9. The van der Waals surface area contributed by atoms with Gasteiger partial charge in [0.15, 0.2) is 10.8 Å². The van der Waals surface area contributed by atoms with Crippen molar-refractivity contribution >= 4 is 34.8 Å². The fourth-order valence-corrected chi connectivity index (χ4v) is 5.60. The van der Waals surface area contributed by atoms with Crippen molar-refractivity contribution in [1.82, 2.24) is 25.9 Å². The minimum Gasteiger partial charge on any atom is -0.361 e. The van der Waals surface area contributed by atoms with Gasteiger partial charge in [0, 0.05) is 29.9 Å². The van der Waals surface area contributed by atoms with Gasteiger partial charge in [-0.2, -0.15) is 0 Å². The van der Waals surface area contributed by atoms with Gasteiger partial charge in [-0.15, -0.1) is 11.3 Å². The van der Waals surface area contributed by atoms with Gasteiger partial charge in [-0.05, 0) is 68.7 Å². The molecule has 4 rings (SSSR count). The standard InChI is InChI=1S/C33H41N5O5S/c1-21(2)17-26(28(39)33(4)20-43-33)37-30(41)27(18-24-13-15-34-16-14-24)38-29(40)25(12-8-11-23-9-6-5-7-10-23)36-31(42)32-35-19-22(3)44-32/h5-7,9-10,13-16,19,21,25-27H,8,11-12,17-18,20H2,1-4H3,(H,36,42)(H,37,41)(H,38,40)/t25-,26-,27-,33+/m0/s1. The van der Waals surface area contributed by atoms with Gasteiger partial charge in [0.1, 0.15) is 17.7 Å². The van der Waals surface area contributed by atoms with Crippen LogP contribution in [0.4, 0.5) is 0 Å². The van der Waals surface area contributed by atoms with Crippen LogP contribution >= 0.6 is 11.3 Å². The average molecular weight is 620 g/mol. The number of nitrogens with one attached hydrogen (secondary N) is 3. The average Bonchev–Trinajstić information content (AvgIpc) is 3.61. The summed E-state index contributed by atoms with van der Waals surface area (Å²) in [4.78, 5) is 62.9. The second-order valence-corrected chi connectivity index (χ2v) is 13.1. The third-order valence-electron chi connectivity index (χ3n) is 7.50. The molecule has 0 bridgehead atoms. The van der Waals surface area contributed by atoms with E-state index in [0.717, 1.165) is 22.4 Å². The number of hydrogen-bond acceptors (Lipinski definition) is 8. The van der Waals surface area contributed by atoms with Gasteiger partial charge in [-0.1, -0.05) is 44.2 Å². The Hall–Kier alpha value is -3.96. The lowest BCUT2D eigenvalue weighted by Crippen LogP contribution is -2.57. The van der Waals surface area contributed by atoms with Crippen molar-refractivity contribution in [3.63, 3.8) is 0 Å². The molecule has 0 aliphatic carbocycles. The largest absolute Gasteiger partial charge is 0.361 e. The molecule has 1 aliphatic heterocycles. The number of carbonyl (C=O) groups is 4. The highest BCUT2D eigenvalue weighted by Gasteiger charge is 2.50. The van der Waals surface area contributed by atoms with E-state index in [2.05, 4.69) is 25.9 Å². The monoisotopic (exact) mass is 619 g/mol. The number of ether oxygens (including phenoxy) is 1. The van der Waals surface area contributed by atoms with Gasteiger partial charge < -0.3 is 20.7 Å². The minimum atomic E-state index is -1.00. The van der Waals surface area contributed by atoms with E-state index in [1.807, 2.05) is 51.1 Å². The Balaban J connectivity index is 1.52. The molecule has 0 saturated carbocycles. The molecule has 4 atom stereocenters. The van der Waals surface area contributed by atoms with Gasteiger partial charge in [-0.3, -0.25) is 24.2 Å². The first kappa shape index (κ1) is 32.9. The Morgan fingerprint density at radius 3 is 2.20 bits per heavy atom. The van der Waals surface area contributed by atoms with Crippen molar-refractivity contribution in [2.24, 2.45) is 5.92 Å². The molecule has 1 fully saturated rings. The Morgan fingerprint density at radius 2 is 1.59 bits per heavy atom. The summed E-state index contributed by atoms with van der Waals surface area (Å²) in [6, 6.07) is 10.8. The molecule has 3 aromatic rings. The summed E-state index contributed by atoms with van der Waals surface area (Å²) >= 11 is 1.25. The Labute approximate surface area is 262 Å². The number of pyridine rings is 1. The number of thiazole rings is 1. The molecule has 1 aliphatic rings. The number of benzene rings is 1. The fourth-order valence-electron chi connectivity index (χ4n) is 4.93. The molecule has 1 saturated heterocycles. The normalized spacial score (nSPS) is 17.8. The number of ketones is 1. The fraction of sp³-hybridized carbons (Fsp3) is 0.455. The molecule has 3 N–H and O–H groups in total. The Morgan fingerprint density at radius 1 is 0.932 bits per heavy atom. The molecule has 234 valence electrons. The summed E-state index contributed by atoms with van der Waals surface area (Å²) in [5.41, 5.74) is 1.00. The quantitative estimate of drug-likeness (QED) is 0.208. The highest BCUT2D eigenvalue weighted by Crippen LogP contribution is 2.29. The molecule has 10 nitrogen and oxygen atoms in total. The third-order valence-corrected chi connectivity index (χ3v) is 8.41. The van der Waals surface area contributed by atoms with Crippen molar-refractivity contribution in [3.8, 4) is 0 Å². The number of carbonyl (C=O) groups excluding carboxylic acids is 4. The van der Waals surface area contributed by atoms with E-state index in [0.29, 0.717) is 25.9 Å². The van der Waals surface area contributed by atoms with Gasteiger partial charge in [0.05, 0.1) is 12.6 Å². The number of Topliss-reactive ketones (excluding diaryl/α,β-unsaturated/α-hetero) is 1. The summed E-state index contributed by atoms with van der Waals surface area (Å²) in [5.74, 6) is -1.46. The van der Waals surface area contributed by atoms with E-state index in [1.165, 1.54) is 11.3 Å². The van der Waals surface area contributed by atoms with Gasteiger partial charge >= 0.3 is 0 Å². The van der Waals surface area contributed by atoms with Crippen LogP contribution in [0.15, 0.2) is 61.1 Å². The van der Waals surface area contributed by atoms with Crippen LogP contribution in [-0.2, 0) is 32.0 Å². The number of hydrogen-bond donors (Lipinski definition) is 3. The maximum atomic E-state index is 13.8. The first-order valence-corrected chi connectivity index (χ1v) is 15.8. The number of aromatic nitrogens is 2. The Kier molecular flexibility index (Phi) is 11.4. The van der Waals surface area contributed by atoms with E-state index in [9.17, 15) is 19.2 Å². The summed E-state index contributed by atoms with van der Waals surface area (Å²) in [6.07, 6.45) is 7.15. The molecular formula is C33H41N5O5S. The maximum Gasteiger partial charge on any atom is 0.280 e. The lowest BCUT2D eigenvalue weighted by atomic mass is 9.93. The molecule has 44 heavy (non-hydrogen) atoms. The maximum absolute atomic E-state index is 13.8. The zero-order valence-corrected chi connectivity index (χ0v) is 26.5. The lowest BCUT2D eigenvalue weighted by Gasteiger charge is -2.26.